The summed E-state index contributed by atoms with van der Waals surface area (Å²) in [6, 6.07) is 13.9. The number of sulfonamides is 1. The van der Waals surface area contributed by atoms with Crippen molar-refractivity contribution in [2.45, 2.75) is 43.9 Å². The highest BCUT2D eigenvalue weighted by Crippen LogP contribution is 2.26. The summed E-state index contributed by atoms with van der Waals surface area (Å²) in [7, 11) is -3.57. The second-order valence-electron chi connectivity index (χ2n) is 7.72. The third-order valence-corrected chi connectivity index (χ3v) is 7.35. The van der Waals surface area contributed by atoms with Crippen LogP contribution in [0.15, 0.2) is 53.4 Å². The maximum absolute atomic E-state index is 13.0. The Bertz CT molecular complexity index is 1020. The van der Waals surface area contributed by atoms with E-state index in [0.29, 0.717) is 42.9 Å². The molecule has 1 heterocycles. The van der Waals surface area contributed by atoms with E-state index in [1.165, 1.54) is 10.4 Å². The standard InChI is InChI=1S/C23H29N3O4S/c1-18-12-13-20(17-21(18)31(29,30)26-15-6-3-7-16-26)25-22(27)11-8-14-24-23(28)19-9-4-2-5-10-19/h2,4-5,9-10,12-13,17H,3,6-8,11,14-16H2,1H3,(H,24,28)(H,25,27). The molecule has 1 fully saturated rings. The summed E-state index contributed by atoms with van der Waals surface area (Å²) in [5.74, 6) is -0.397. The van der Waals surface area contributed by atoms with Crippen molar-refractivity contribution in [1.29, 1.82) is 0 Å². The Balaban J connectivity index is 1.53. The molecule has 0 bridgehead atoms. The SMILES string of the molecule is Cc1ccc(NC(=O)CCCNC(=O)c2ccccc2)cc1S(=O)(=O)N1CCCCC1. The average Bonchev–Trinajstić information content (AvgIpc) is 2.79. The van der Waals surface area contributed by atoms with Gasteiger partial charge in [0.15, 0.2) is 0 Å². The summed E-state index contributed by atoms with van der Waals surface area (Å²) in [6.07, 6.45) is 3.49. The van der Waals surface area contributed by atoms with E-state index in [1.807, 2.05) is 6.07 Å². The summed E-state index contributed by atoms with van der Waals surface area (Å²) in [4.78, 5) is 24.5. The van der Waals surface area contributed by atoms with Gasteiger partial charge in [-0.3, -0.25) is 9.59 Å². The number of hydrogen-bond donors (Lipinski definition) is 2. The number of hydrogen-bond acceptors (Lipinski definition) is 4. The molecule has 3 rings (SSSR count). The number of amides is 2. The first-order valence-corrected chi connectivity index (χ1v) is 12.1. The van der Waals surface area contributed by atoms with E-state index >= 15 is 0 Å². The second kappa shape index (κ2) is 10.5. The van der Waals surface area contributed by atoms with Crippen LogP contribution in [0.5, 0.6) is 0 Å². The van der Waals surface area contributed by atoms with E-state index in [4.69, 9.17) is 0 Å². The second-order valence-corrected chi connectivity index (χ2v) is 9.63. The van der Waals surface area contributed by atoms with Gasteiger partial charge in [-0.1, -0.05) is 30.7 Å². The van der Waals surface area contributed by atoms with Crippen LogP contribution in [0.3, 0.4) is 0 Å². The Hall–Kier alpha value is -2.71. The molecule has 0 spiro atoms. The maximum atomic E-state index is 13.0. The summed E-state index contributed by atoms with van der Waals surface area (Å²) >= 11 is 0. The monoisotopic (exact) mass is 443 g/mol. The zero-order valence-electron chi connectivity index (χ0n) is 17.8. The van der Waals surface area contributed by atoms with Gasteiger partial charge in [-0.2, -0.15) is 4.31 Å². The van der Waals surface area contributed by atoms with E-state index in [1.54, 1.807) is 43.3 Å². The molecule has 2 N–H and O–H groups in total. The fourth-order valence-electron chi connectivity index (χ4n) is 3.57. The number of benzene rings is 2. The smallest absolute Gasteiger partial charge is 0.251 e. The fourth-order valence-corrected chi connectivity index (χ4v) is 5.33. The minimum atomic E-state index is -3.57. The molecule has 2 amide bonds. The normalized spacial score (nSPS) is 14.7. The van der Waals surface area contributed by atoms with Crippen LogP contribution in [0.4, 0.5) is 5.69 Å². The third-order valence-electron chi connectivity index (χ3n) is 5.31. The lowest BCUT2D eigenvalue weighted by molar-refractivity contribution is -0.116. The molecule has 0 aliphatic carbocycles. The van der Waals surface area contributed by atoms with Gasteiger partial charge in [-0.25, -0.2) is 8.42 Å². The molecule has 0 saturated carbocycles. The van der Waals surface area contributed by atoms with Crippen LogP contribution < -0.4 is 10.6 Å². The number of rotatable bonds is 8. The van der Waals surface area contributed by atoms with Crippen LogP contribution in [-0.4, -0.2) is 44.2 Å². The molecule has 0 unspecified atom stereocenters. The molecule has 8 heteroatoms. The number of nitrogens with zero attached hydrogens (tertiary/aromatic N) is 1. The number of carbonyl (C=O) groups excluding carboxylic acids is 2. The molecule has 166 valence electrons. The van der Waals surface area contributed by atoms with Gasteiger partial charge in [-0.05, 0) is 56.0 Å². The number of aryl methyl sites for hydroxylation is 1. The van der Waals surface area contributed by atoms with Crippen LogP contribution in [0.1, 0.15) is 48.0 Å². The molecule has 1 saturated heterocycles. The highest BCUT2D eigenvalue weighted by molar-refractivity contribution is 7.89. The molecule has 0 atom stereocenters. The molecule has 31 heavy (non-hydrogen) atoms. The quantitative estimate of drug-likeness (QED) is 0.612. The molecule has 0 radical (unpaired) electrons. The average molecular weight is 444 g/mol. The Morgan fingerprint density at radius 1 is 1.00 bits per heavy atom. The van der Waals surface area contributed by atoms with Crippen molar-refractivity contribution in [3.63, 3.8) is 0 Å². The van der Waals surface area contributed by atoms with E-state index in [2.05, 4.69) is 10.6 Å². The highest BCUT2D eigenvalue weighted by atomic mass is 32.2. The lowest BCUT2D eigenvalue weighted by atomic mass is 10.2. The van der Waals surface area contributed by atoms with Crippen LogP contribution in [0.2, 0.25) is 0 Å². The molecule has 0 aromatic heterocycles. The van der Waals surface area contributed by atoms with Gasteiger partial charge in [0.25, 0.3) is 5.91 Å². The Labute approximate surface area is 183 Å². The maximum Gasteiger partial charge on any atom is 0.251 e. The van der Waals surface area contributed by atoms with Crippen molar-refractivity contribution in [2.75, 3.05) is 25.0 Å². The van der Waals surface area contributed by atoms with Crippen LogP contribution in [-0.2, 0) is 14.8 Å². The van der Waals surface area contributed by atoms with Crippen molar-refractivity contribution in [1.82, 2.24) is 9.62 Å². The minimum absolute atomic E-state index is 0.174. The molecule has 7 nitrogen and oxygen atoms in total. The lowest BCUT2D eigenvalue weighted by Gasteiger charge is -2.26. The van der Waals surface area contributed by atoms with Gasteiger partial charge in [0.1, 0.15) is 0 Å². The first kappa shape index (κ1) is 23.0. The van der Waals surface area contributed by atoms with E-state index in [9.17, 15) is 18.0 Å². The van der Waals surface area contributed by atoms with Gasteiger partial charge in [0.2, 0.25) is 15.9 Å². The molecule has 2 aromatic carbocycles. The lowest BCUT2D eigenvalue weighted by Crippen LogP contribution is -2.36. The van der Waals surface area contributed by atoms with Gasteiger partial charge in [-0.15, -0.1) is 0 Å². The summed E-state index contributed by atoms with van der Waals surface area (Å²) < 4.78 is 27.5. The van der Waals surface area contributed by atoms with Gasteiger partial charge in [0, 0.05) is 37.3 Å². The summed E-state index contributed by atoms with van der Waals surface area (Å²) in [6.45, 7) is 3.21. The fraction of sp³-hybridized carbons (Fsp3) is 0.391. The van der Waals surface area contributed by atoms with Crippen LogP contribution in [0.25, 0.3) is 0 Å². The van der Waals surface area contributed by atoms with E-state index in [-0.39, 0.29) is 23.1 Å². The third kappa shape index (κ3) is 6.15. The van der Waals surface area contributed by atoms with Gasteiger partial charge < -0.3 is 10.6 Å². The summed E-state index contributed by atoms with van der Waals surface area (Å²) in [5, 5.41) is 5.56. The largest absolute Gasteiger partial charge is 0.352 e. The summed E-state index contributed by atoms with van der Waals surface area (Å²) in [5.41, 5.74) is 1.70. The zero-order chi connectivity index (χ0) is 22.3. The zero-order valence-corrected chi connectivity index (χ0v) is 18.6. The van der Waals surface area contributed by atoms with E-state index in [0.717, 1.165) is 19.3 Å². The first-order chi connectivity index (χ1) is 14.9. The van der Waals surface area contributed by atoms with Crippen molar-refractivity contribution in [3.05, 3.63) is 59.7 Å². The number of anilines is 1. The minimum Gasteiger partial charge on any atom is -0.352 e. The molecule has 2 aromatic rings. The van der Waals surface area contributed by atoms with Crippen molar-refractivity contribution in [3.8, 4) is 0 Å². The molecular weight excluding hydrogens is 414 g/mol. The Morgan fingerprint density at radius 2 is 1.71 bits per heavy atom. The van der Waals surface area contributed by atoms with Crippen molar-refractivity contribution in [2.24, 2.45) is 0 Å². The molecule has 1 aliphatic heterocycles. The van der Waals surface area contributed by atoms with Crippen LogP contribution in [0, 0.1) is 6.92 Å². The number of nitrogens with one attached hydrogen (secondary N) is 2. The predicted molar refractivity (Wildman–Crippen MR) is 120 cm³/mol. The topological polar surface area (TPSA) is 95.6 Å². The Kier molecular flexibility index (Phi) is 7.81. The van der Waals surface area contributed by atoms with Crippen molar-refractivity contribution < 1.29 is 18.0 Å². The Morgan fingerprint density at radius 3 is 2.42 bits per heavy atom. The van der Waals surface area contributed by atoms with Crippen LogP contribution >= 0.6 is 0 Å². The van der Waals surface area contributed by atoms with Gasteiger partial charge in [0.05, 0.1) is 4.90 Å². The van der Waals surface area contributed by atoms with Gasteiger partial charge >= 0.3 is 0 Å². The number of carbonyl (C=O) groups is 2. The number of piperidine rings is 1. The molecule has 1 aliphatic rings. The highest BCUT2D eigenvalue weighted by Gasteiger charge is 2.27. The molecular formula is C23H29N3O4S. The van der Waals surface area contributed by atoms with E-state index < -0.39 is 10.0 Å². The predicted octanol–water partition coefficient (Wildman–Crippen LogP) is 3.32. The van der Waals surface area contributed by atoms with Crippen molar-refractivity contribution >= 4 is 27.5 Å². The first-order valence-electron chi connectivity index (χ1n) is 10.6.